The summed E-state index contributed by atoms with van der Waals surface area (Å²) in [6.07, 6.45) is 1.62. The number of benzene rings is 2. The van der Waals surface area contributed by atoms with E-state index in [2.05, 4.69) is 40.9 Å². The second-order valence-electron chi connectivity index (χ2n) is 6.87. The molecule has 2 aromatic carbocycles. The van der Waals surface area contributed by atoms with Gasteiger partial charge in [0.05, 0.1) is 13.3 Å². The summed E-state index contributed by atoms with van der Waals surface area (Å²) in [5, 5.41) is 4.06. The van der Waals surface area contributed by atoms with Gasteiger partial charge in [0.1, 0.15) is 38.5 Å². The van der Waals surface area contributed by atoms with Gasteiger partial charge in [-0.15, -0.1) is 0 Å². The zero-order valence-corrected chi connectivity index (χ0v) is 15.8. The van der Waals surface area contributed by atoms with E-state index in [1.165, 1.54) is 10.5 Å². The SMILES string of the molecule is COc1ccccc1/C=N\NC(=O)C[NH+]1CC[NH+](Cc2ccccc2)CC1. The molecule has 27 heavy (non-hydrogen) atoms. The molecular formula is C21H28N4O2+2. The van der Waals surface area contributed by atoms with Crippen molar-refractivity contribution in [3.8, 4) is 5.75 Å². The molecule has 142 valence electrons. The molecule has 0 unspecified atom stereocenters. The van der Waals surface area contributed by atoms with Gasteiger partial charge in [-0.05, 0) is 12.1 Å². The van der Waals surface area contributed by atoms with Gasteiger partial charge in [-0.3, -0.25) is 4.79 Å². The van der Waals surface area contributed by atoms with Gasteiger partial charge < -0.3 is 14.5 Å². The maximum Gasteiger partial charge on any atom is 0.295 e. The highest BCUT2D eigenvalue weighted by molar-refractivity contribution is 5.85. The molecule has 0 aliphatic carbocycles. The highest BCUT2D eigenvalue weighted by atomic mass is 16.5. The lowest BCUT2D eigenvalue weighted by Crippen LogP contribution is -3.28. The van der Waals surface area contributed by atoms with E-state index in [0.717, 1.165) is 44.0 Å². The quantitative estimate of drug-likeness (QED) is 0.440. The Kier molecular flexibility index (Phi) is 6.96. The first kappa shape index (κ1) is 19.1. The number of rotatable bonds is 7. The monoisotopic (exact) mass is 368 g/mol. The number of ether oxygens (including phenoxy) is 1. The summed E-state index contributed by atoms with van der Waals surface area (Å²) in [5.74, 6) is 0.682. The van der Waals surface area contributed by atoms with Crippen LogP contribution in [0.3, 0.4) is 0 Å². The number of hydrazone groups is 1. The van der Waals surface area contributed by atoms with Crippen LogP contribution in [0.15, 0.2) is 59.7 Å². The Hall–Kier alpha value is -2.70. The second-order valence-corrected chi connectivity index (χ2v) is 6.87. The van der Waals surface area contributed by atoms with Crippen LogP contribution in [0.25, 0.3) is 0 Å². The second kappa shape index (κ2) is 9.85. The van der Waals surface area contributed by atoms with Crippen molar-refractivity contribution in [2.75, 3.05) is 39.8 Å². The first-order valence-electron chi connectivity index (χ1n) is 9.40. The Morgan fingerprint density at radius 2 is 1.70 bits per heavy atom. The molecule has 1 aliphatic heterocycles. The molecule has 0 aromatic heterocycles. The van der Waals surface area contributed by atoms with E-state index in [-0.39, 0.29) is 5.91 Å². The van der Waals surface area contributed by atoms with E-state index in [1.807, 2.05) is 24.3 Å². The fourth-order valence-electron chi connectivity index (χ4n) is 3.41. The third-order valence-electron chi connectivity index (χ3n) is 4.90. The Bertz CT molecular complexity index is 756. The summed E-state index contributed by atoms with van der Waals surface area (Å²) in [6.45, 7) is 5.70. The van der Waals surface area contributed by atoms with Gasteiger partial charge in [0.15, 0.2) is 6.54 Å². The molecule has 1 fully saturated rings. The molecule has 3 N–H and O–H groups in total. The number of amides is 1. The number of nitrogens with zero attached hydrogens (tertiary/aromatic N) is 1. The zero-order chi connectivity index (χ0) is 18.9. The lowest BCUT2D eigenvalue weighted by Gasteiger charge is -2.29. The van der Waals surface area contributed by atoms with Crippen molar-refractivity contribution in [3.05, 3.63) is 65.7 Å². The summed E-state index contributed by atoms with van der Waals surface area (Å²) < 4.78 is 5.27. The largest absolute Gasteiger partial charge is 0.496 e. The molecule has 1 aliphatic rings. The Labute approximate surface area is 160 Å². The topological polar surface area (TPSA) is 59.6 Å². The van der Waals surface area contributed by atoms with Crippen molar-refractivity contribution in [1.82, 2.24) is 5.43 Å². The van der Waals surface area contributed by atoms with E-state index in [9.17, 15) is 4.79 Å². The number of hydrogen-bond acceptors (Lipinski definition) is 3. The lowest BCUT2D eigenvalue weighted by atomic mass is 10.2. The average molecular weight is 368 g/mol. The normalized spacial score (nSPS) is 19.7. The molecule has 6 nitrogen and oxygen atoms in total. The van der Waals surface area contributed by atoms with Crippen molar-refractivity contribution >= 4 is 12.1 Å². The molecule has 3 rings (SSSR count). The average Bonchev–Trinajstić information content (AvgIpc) is 2.71. The predicted octanol–water partition coefficient (Wildman–Crippen LogP) is -0.871. The van der Waals surface area contributed by atoms with E-state index in [0.29, 0.717) is 6.54 Å². The predicted molar refractivity (Wildman–Crippen MR) is 105 cm³/mol. The molecule has 6 heteroatoms. The minimum absolute atomic E-state index is 0.0531. The fourth-order valence-corrected chi connectivity index (χ4v) is 3.41. The molecule has 1 amide bonds. The van der Waals surface area contributed by atoms with Crippen LogP contribution in [0, 0.1) is 0 Å². The van der Waals surface area contributed by atoms with Crippen LogP contribution < -0.4 is 20.0 Å². The van der Waals surface area contributed by atoms with Crippen molar-refractivity contribution in [2.45, 2.75) is 6.54 Å². The first-order valence-corrected chi connectivity index (χ1v) is 9.40. The number of para-hydroxylation sites is 1. The highest BCUT2D eigenvalue weighted by Gasteiger charge is 2.24. The van der Waals surface area contributed by atoms with E-state index >= 15 is 0 Å². The number of piperazine rings is 1. The zero-order valence-electron chi connectivity index (χ0n) is 15.8. The molecule has 0 atom stereocenters. The van der Waals surface area contributed by atoms with E-state index in [1.54, 1.807) is 18.2 Å². The summed E-state index contributed by atoms with van der Waals surface area (Å²) in [4.78, 5) is 15.0. The smallest absolute Gasteiger partial charge is 0.295 e. The molecular weight excluding hydrogens is 340 g/mol. The van der Waals surface area contributed by atoms with Gasteiger partial charge in [0.25, 0.3) is 5.91 Å². The van der Waals surface area contributed by atoms with Crippen LogP contribution in [0.1, 0.15) is 11.1 Å². The molecule has 1 heterocycles. The number of methoxy groups -OCH3 is 1. The number of nitrogens with one attached hydrogen (secondary N) is 3. The standard InChI is InChI=1S/C21H26N4O2/c1-27-20-10-6-5-9-19(20)15-22-23-21(26)17-25-13-11-24(12-14-25)16-18-7-3-2-4-8-18/h2-10,15H,11-14,16-17H2,1H3,(H,23,26)/p+2/b22-15-. The van der Waals surface area contributed by atoms with Gasteiger partial charge >= 0.3 is 0 Å². The van der Waals surface area contributed by atoms with E-state index in [4.69, 9.17) is 4.74 Å². The van der Waals surface area contributed by atoms with Crippen molar-refractivity contribution in [2.24, 2.45) is 5.10 Å². The number of hydrogen-bond donors (Lipinski definition) is 3. The van der Waals surface area contributed by atoms with Gasteiger partial charge in [0.2, 0.25) is 0 Å². The molecule has 0 bridgehead atoms. The third-order valence-corrected chi connectivity index (χ3v) is 4.90. The maximum atomic E-state index is 12.1. The number of quaternary nitrogens is 2. The summed E-state index contributed by atoms with van der Waals surface area (Å²) in [7, 11) is 1.62. The summed E-state index contributed by atoms with van der Waals surface area (Å²) in [6, 6.07) is 18.2. The van der Waals surface area contributed by atoms with Gasteiger partial charge in [-0.1, -0.05) is 42.5 Å². The van der Waals surface area contributed by atoms with Crippen LogP contribution in [-0.2, 0) is 11.3 Å². The Morgan fingerprint density at radius 1 is 1.04 bits per heavy atom. The minimum atomic E-state index is -0.0531. The number of carbonyl (C=O) groups excluding carboxylic acids is 1. The number of carbonyl (C=O) groups is 1. The van der Waals surface area contributed by atoms with Crippen molar-refractivity contribution < 1.29 is 19.3 Å². The highest BCUT2D eigenvalue weighted by Crippen LogP contribution is 2.14. The third kappa shape index (κ3) is 5.91. The van der Waals surface area contributed by atoms with Crippen LogP contribution in [-0.4, -0.2) is 52.0 Å². The Morgan fingerprint density at radius 3 is 2.44 bits per heavy atom. The van der Waals surface area contributed by atoms with Gasteiger partial charge in [0, 0.05) is 11.1 Å². The first-order chi connectivity index (χ1) is 13.2. The lowest BCUT2D eigenvalue weighted by molar-refractivity contribution is -1.02. The van der Waals surface area contributed by atoms with E-state index < -0.39 is 0 Å². The van der Waals surface area contributed by atoms with Crippen molar-refractivity contribution in [1.29, 1.82) is 0 Å². The molecule has 0 radical (unpaired) electrons. The molecule has 0 saturated carbocycles. The van der Waals surface area contributed by atoms with Crippen molar-refractivity contribution in [3.63, 3.8) is 0 Å². The summed E-state index contributed by atoms with van der Waals surface area (Å²) >= 11 is 0. The molecule has 2 aromatic rings. The fraction of sp³-hybridized carbons (Fsp3) is 0.333. The molecule has 1 saturated heterocycles. The van der Waals surface area contributed by atoms with Gasteiger partial charge in [-0.25, -0.2) is 5.43 Å². The van der Waals surface area contributed by atoms with Crippen LogP contribution >= 0.6 is 0 Å². The van der Waals surface area contributed by atoms with Crippen LogP contribution in [0.5, 0.6) is 5.75 Å². The van der Waals surface area contributed by atoms with Crippen LogP contribution in [0.2, 0.25) is 0 Å². The summed E-state index contributed by atoms with van der Waals surface area (Å²) in [5.41, 5.74) is 4.84. The molecule has 0 spiro atoms. The maximum absolute atomic E-state index is 12.1. The van der Waals surface area contributed by atoms with Crippen LogP contribution in [0.4, 0.5) is 0 Å². The van der Waals surface area contributed by atoms with Gasteiger partial charge in [-0.2, -0.15) is 5.10 Å². The minimum Gasteiger partial charge on any atom is -0.496 e. The Balaban J connectivity index is 1.40.